The zero-order chi connectivity index (χ0) is 20.9. The summed E-state index contributed by atoms with van der Waals surface area (Å²) in [5, 5.41) is 15.3. The van der Waals surface area contributed by atoms with Crippen molar-refractivity contribution in [1.29, 1.82) is 0 Å². The number of aliphatic hydroxyl groups excluding tert-OH is 1. The largest absolute Gasteiger partial charge is 0.493 e. The molecule has 0 fully saturated rings. The van der Waals surface area contributed by atoms with Crippen molar-refractivity contribution in [2.75, 3.05) is 27.3 Å². The van der Waals surface area contributed by atoms with Crippen LogP contribution in [0.5, 0.6) is 11.5 Å². The van der Waals surface area contributed by atoms with E-state index < -0.39 is 6.10 Å². The van der Waals surface area contributed by atoms with Crippen molar-refractivity contribution >= 4 is 21.8 Å². The van der Waals surface area contributed by atoms with E-state index in [0.717, 1.165) is 24.5 Å². The van der Waals surface area contributed by atoms with Gasteiger partial charge in [-0.15, -0.1) is 0 Å². The molecule has 0 aliphatic heterocycles. The first-order valence-corrected chi connectivity index (χ1v) is 10.4. The van der Waals surface area contributed by atoms with Crippen molar-refractivity contribution < 1.29 is 19.9 Å². The van der Waals surface area contributed by atoms with Gasteiger partial charge in [0.25, 0.3) is 0 Å². The van der Waals surface area contributed by atoms with E-state index in [1.807, 2.05) is 12.1 Å². The van der Waals surface area contributed by atoms with Crippen LogP contribution in [0, 0.1) is 0 Å². The molecule has 0 saturated carbocycles. The molecule has 0 aliphatic carbocycles. The molecule has 1 heterocycles. The summed E-state index contributed by atoms with van der Waals surface area (Å²) in [6.45, 7) is 2.15. The van der Waals surface area contributed by atoms with Crippen LogP contribution in [0.25, 0.3) is 21.8 Å². The maximum absolute atomic E-state index is 10.7. The Bertz CT molecular complexity index is 1080. The van der Waals surface area contributed by atoms with Gasteiger partial charge in [-0.1, -0.05) is 42.5 Å². The van der Waals surface area contributed by atoms with E-state index in [0.29, 0.717) is 13.1 Å². The van der Waals surface area contributed by atoms with Crippen LogP contribution in [0.3, 0.4) is 0 Å². The number of fused-ring (bicyclic) bond motifs is 3. The van der Waals surface area contributed by atoms with Gasteiger partial charge in [0, 0.05) is 28.2 Å². The third kappa shape index (κ3) is 4.13. The van der Waals surface area contributed by atoms with Crippen LogP contribution in [0.15, 0.2) is 66.7 Å². The van der Waals surface area contributed by atoms with Gasteiger partial charge in [-0.3, -0.25) is 0 Å². The Morgan fingerprint density at radius 3 is 2.13 bits per heavy atom. The Balaban J connectivity index is 1.37. The molecular formula is C25H29N2O3+. The molecular weight excluding hydrogens is 376 g/mol. The minimum atomic E-state index is -0.422. The minimum absolute atomic E-state index is 0.422. The Hall–Kier alpha value is -3.02. The molecule has 4 aromatic rings. The molecule has 0 radical (unpaired) electrons. The first-order valence-electron chi connectivity index (χ1n) is 10.4. The number of nitrogens with two attached hydrogens (primary N) is 1. The second-order valence-corrected chi connectivity index (χ2v) is 7.55. The van der Waals surface area contributed by atoms with Crippen LogP contribution in [0.2, 0.25) is 0 Å². The Morgan fingerprint density at radius 1 is 0.867 bits per heavy atom. The van der Waals surface area contributed by atoms with Gasteiger partial charge in [0.1, 0.15) is 12.6 Å². The molecule has 156 valence electrons. The summed E-state index contributed by atoms with van der Waals surface area (Å²) in [6.07, 6.45) is 0.484. The Labute approximate surface area is 176 Å². The lowest BCUT2D eigenvalue weighted by molar-refractivity contribution is -0.660. The van der Waals surface area contributed by atoms with Gasteiger partial charge < -0.3 is 24.5 Å². The predicted octanol–water partition coefficient (Wildman–Crippen LogP) is 2.98. The van der Waals surface area contributed by atoms with Crippen molar-refractivity contribution in [2.45, 2.75) is 19.1 Å². The molecule has 0 aliphatic rings. The normalized spacial score (nSPS) is 12.4. The van der Waals surface area contributed by atoms with Crippen LogP contribution in [0.4, 0.5) is 0 Å². The van der Waals surface area contributed by atoms with Gasteiger partial charge in [-0.05, 0) is 29.8 Å². The smallest absolute Gasteiger partial charge is 0.160 e. The average molecular weight is 406 g/mol. The summed E-state index contributed by atoms with van der Waals surface area (Å²) in [7, 11) is 3.29. The highest BCUT2D eigenvalue weighted by molar-refractivity contribution is 6.07. The van der Waals surface area contributed by atoms with Gasteiger partial charge in [0.05, 0.1) is 27.3 Å². The summed E-state index contributed by atoms with van der Waals surface area (Å²) >= 11 is 0. The fraction of sp³-hybridized carbons (Fsp3) is 0.280. The maximum atomic E-state index is 10.7. The summed E-state index contributed by atoms with van der Waals surface area (Å²) in [4.78, 5) is 0. The standard InChI is InChI=1S/C25H28N2O3/c1-29-24-12-11-18(15-25(24)30-2)13-14-26-16-19(28)17-27-22-9-5-3-7-20(22)21-8-4-6-10-23(21)27/h3-12,15,19,26,28H,13-14,16-17H2,1-2H3/p+1/t19-/m1/s1. The highest BCUT2D eigenvalue weighted by atomic mass is 16.5. The van der Waals surface area contributed by atoms with Crippen LogP contribution in [-0.2, 0) is 13.0 Å². The molecule has 3 aromatic carbocycles. The number of aromatic nitrogens is 1. The number of hydrogen-bond donors (Lipinski definition) is 2. The number of rotatable bonds is 9. The van der Waals surface area contributed by atoms with Crippen molar-refractivity contribution in [1.82, 2.24) is 4.57 Å². The molecule has 0 spiro atoms. The lowest BCUT2D eigenvalue weighted by atomic mass is 10.1. The zero-order valence-corrected chi connectivity index (χ0v) is 17.5. The number of hydrogen-bond acceptors (Lipinski definition) is 3. The van der Waals surface area contributed by atoms with Crippen molar-refractivity contribution in [3.63, 3.8) is 0 Å². The molecule has 5 heteroatoms. The average Bonchev–Trinajstić information content (AvgIpc) is 3.10. The SMILES string of the molecule is COc1ccc(CC[NH2+]C[C@@H](O)Cn2c3ccccc3c3ccccc32)cc1OC. The van der Waals surface area contributed by atoms with Crippen molar-refractivity contribution in [3.8, 4) is 11.5 Å². The first-order chi connectivity index (χ1) is 14.7. The Kier molecular flexibility index (Phi) is 6.21. The zero-order valence-electron chi connectivity index (χ0n) is 17.5. The second-order valence-electron chi connectivity index (χ2n) is 7.55. The van der Waals surface area contributed by atoms with Gasteiger partial charge in [0.15, 0.2) is 11.5 Å². The minimum Gasteiger partial charge on any atom is -0.493 e. The first kappa shape index (κ1) is 20.3. The summed E-state index contributed by atoms with van der Waals surface area (Å²) in [5.41, 5.74) is 3.53. The third-order valence-corrected chi connectivity index (χ3v) is 5.60. The fourth-order valence-electron chi connectivity index (χ4n) is 4.10. The number of quaternary nitrogens is 1. The van der Waals surface area contributed by atoms with Gasteiger partial charge >= 0.3 is 0 Å². The summed E-state index contributed by atoms with van der Waals surface area (Å²) in [6, 6.07) is 22.8. The van der Waals surface area contributed by atoms with E-state index in [-0.39, 0.29) is 0 Å². The molecule has 0 unspecified atom stereocenters. The second kappa shape index (κ2) is 9.20. The van der Waals surface area contributed by atoms with Gasteiger partial charge in [0.2, 0.25) is 0 Å². The lowest BCUT2D eigenvalue weighted by Gasteiger charge is -2.13. The fourth-order valence-corrected chi connectivity index (χ4v) is 4.10. The molecule has 0 bridgehead atoms. The van der Waals surface area contributed by atoms with Crippen LogP contribution in [-0.4, -0.2) is 43.1 Å². The molecule has 1 atom stereocenters. The van der Waals surface area contributed by atoms with E-state index in [1.54, 1.807) is 14.2 Å². The predicted molar refractivity (Wildman–Crippen MR) is 120 cm³/mol. The molecule has 3 N–H and O–H groups in total. The quantitative estimate of drug-likeness (QED) is 0.421. The van der Waals surface area contributed by atoms with Crippen molar-refractivity contribution in [3.05, 3.63) is 72.3 Å². The molecule has 5 nitrogen and oxygen atoms in total. The number of aliphatic hydroxyl groups is 1. The summed E-state index contributed by atoms with van der Waals surface area (Å²) < 4.78 is 12.9. The molecule has 1 aromatic heterocycles. The number of nitrogens with zero attached hydrogens (tertiary/aromatic N) is 1. The Morgan fingerprint density at radius 2 is 1.50 bits per heavy atom. The number of methoxy groups -OCH3 is 2. The third-order valence-electron chi connectivity index (χ3n) is 5.60. The van der Waals surface area contributed by atoms with Crippen molar-refractivity contribution in [2.24, 2.45) is 0 Å². The van der Waals surface area contributed by atoms with Gasteiger partial charge in [-0.2, -0.15) is 0 Å². The van der Waals surface area contributed by atoms with E-state index in [2.05, 4.69) is 64.5 Å². The molecule has 0 amide bonds. The topological polar surface area (TPSA) is 60.2 Å². The highest BCUT2D eigenvalue weighted by Crippen LogP contribution is 2.29. The number of benzene rings is 3. The molecule has 0 saturated heterocycles. The monoisotopic (exact) mass is 405 g/mol. The number of ether oxygens (including phenoxy) is 2. The van der Waals surface area contributed by atoms with E-state index in [4.69, 9.17) is 9.47 Å². The lowest BCUT2D eigenvalue weighted by Crippen LogP contribution is -2.87. The number of para-hydroxylation sites is 2. The highest BCUT2D eigenvalue weighted by Gasteiger charge is 2.14. The van der Waals surface area contributed by atoms with E-state index in [9.17, 15) is 5.11 Å². The summed E-state index contributed by atoms with van der Waals surface area (Å²) in [5.74, 6) is 1.49. The van der Waals surface area contributed by atoms with Crippen LogP contribution < -0.4 is 14.8 Å². The van der Waals surface area contributed by atoms with Crippen LogP contribution in [0.1, 0.15) is 5.56 Å². The van der Waals surface area contributed by atoms with E-state index >= 15 is 0 Å². The molecule has 4 rings (SSSR count). The van der Waals surface area contributed by atoms with Crippen LogP contribution >= 0.6 is 0 Å². The van der Waals surface area contributed by atoms with E-state index in [1.165, 1.54) is 27.4 Å². The maximum Gasteiger partial charge on any atom is 0.160 e. The molecule has 30 heavy (non-hydrogen) atoms. The van der Waals surface area contributed by atoms with Gasteiger partial charge in [-0.25, -0.2) is 0 Å².